The summed E-state index contributed by atoms with van der Waals surface area (Å²) in [7, 11) is -1.79. The number of piperidine rings is 1. The summed E-state index contributed by atoms with van der Waals surface area (Å²) < 4.78 is 62.1. The number of aryl methyl sites for hydroxylation is 1. The molecular formula is C35H46ClF2N3O4S. The highest BCUT2D eigenvalue weighted by molar-refractivity contribution is 7.92. The molecule has 11 heteroatoms. The van der Waals surface area contributed by atoms with Crippen molar-refractivity contribution < 1.29 is 26.7 Å². The summed E-state index contributed by atoms with van der Waals surface area (Å²) in [6, 6.07) is 7.94. The molecule has 2 aromatic rings. The fourth-order valence-corrected chi connectivity index (χ4v) is 9.40. The number of methoxy groups -OCH3 is 1. The van der Waals surface area contributed by atoms with Crippen molar-refractivity contribution in [2.45, 2.75) is 82.2 Å². The van der Waals surface area contributed by atoms with Crippen molar-refractivity contribution in [2.24, 2.45) is 11.8 Å². The summed E-state index contributed by atoms with van der Waals surface area (Å²) in [5, 5.41) is 0.604. The molecule has 2 heterocycles. The average molecular weight is 678 g/mol. The number of rotatable bonds is 10. The van der Waals surface area contributed by atoms with Crippen LogP contribution in [0.2, 0.25) is 5.02 Å². The molecule has 46 heavy (non-hydrogen) atoms. The van der Waals surface area contributed by atoms with Gasteiger partial charge in [-0.3, -0.25) is 14.0 Å². The van der Waals surface area contributed by atoms with Crippen molar-refractivity contribution in [2.75, 3.05) is 50.5 Å². The summed E-state index contributed by atoms with van der Waals surface area (Å²) in [5.41, 5.74) is 2.86. The summed E-state index contributed by atoms with van der Waals surface area (Å²) in [6.45, 7) is 4.95. The molecular weight excluding hydrogens is 632 g/mol. The summed E-state index contributed by atoms with van der Waals surface area (Å²) in [5.74, 6) is -1.53. The third kappa shape index (κ3) is 7.10. The number of carbonyl (C=O) groups excluding carboxylic acids is 1. The number of sulfonamides is 1. The zero-order chi connectivity index (χ0) is 32.7. The van der Waals surface area contributed by atoms with E-state index in [1.165, 1.54) is 18.4 Å². The molecule has 2 aliphatic heterocycles. The third-order valence-electron chi connectivity index (χ3n) is 10.8. The Bertz CT molecular complexity index is 1550. The van der Waals surface area contributed by atoms with E-state index in [4.69, 9.17) is 16.3 Å². The van der Waals surface area contributed by atoms with Crippen molar-refractivity contribution in [3.63, 3.8) is 0 Å². The average Bonchev–Trinajstić information content (AvgIpc) is 3.55. The lowest BCUT2D eigenvalue weighted by Gasteiger charge is -2.37. The van der Waals surface area contributed by atoms with E-state index in [1.54, 1.807) is 11.4 Å². The lowest BCUT2D eigenvalue weighted by molar-refractivity contribution is -0.137. The van der Waals surface area contributed by atoms with Crippen molar-refractivity contribution in [1.29, 1.82) is 0 Å². The zero-order valence-electron chi connectivity index (χ0n) is 27.1. The normalized spacial score (nSPS) is 26.2. The molecule has 2 aromatic carbocycles. The minimum atomic E-state index is -3.50. The number of amides is 1. The second-order valence-corrected chi connectivity index (χ2v) is 16.3. The topological polar surface area (TPSA) is 70.2 Å². The Hall–Kier alpha value is -2.27. The molecule has 0 aromatic heterocycles. The lowest BCUT2D eigenvalue weighted by Crippen LogP contribution is -2.43. The maximum atomic E-state index is 15.2. The van der Waals surface area contributed by atoms with Crippen LogP contribution in [0.3, 0.4) is 0 Å². The first-order chi connectivity index (χ1) is 21.9. The number of benzene rings is 2. The Kier molecular flexibility index (Phi) is 10.0. The molecule has 7 nitrogen and oxygen atoms in total. The van der Waals surface area contributed by atoms with Gasteiger partial charge in [-0.2, -0.15) is 0 Å². The molecule has 2 aliphatic carbocycles. The van der Waals surface area contributed by atoms with Gasteiger partial charge in [0.05, 0.1) is 18.6 Å². The Balaban J connectivity index is 1.22. The summed E-state index contributed by atoms with van der Waals surface area (Å²) in [6.07, 6.45) is 8.04. The van der Waals surface area contributed by atoms with Crippen LogP contribution in [0, 0.1) is 30.4 Å². The van der Waals surface area contributed by atoms with Gasteiger partial charge in [0.1, 0.15) is 11.6 Å². The zero-order valence-corrected chi connectivity index (χ0v) is 28.6. The van der Waals surface area contributed by atoms with Gasteiger partial charge in [0.25, 0.3) is 0 Å². The first kappa shape index (κ1) is 33.6. The summed E-state index contributed by atoms with van der Waals surface area (Å²) in [4.78, 5) is 18.6. The summed E-state index contributed by atoms with van der Waals surface area (Å²) >= 11 is 6.60. The molecule has 4 fully saturated rings. The second-order valence-electron chi connectivity index (χ2n) is 14.0. The fraction of sp³-hybridized carbons (Fsp3) is 0.629. The van der Waals surface area contributed by atoms with Crippen molar-refractivity contribution >= 4 is 33.2 Å². The van der Waals surface area contributed by atoms with Crippen molar-refractivity contribution in [3.05, 3.63) is 63.7 Å². The number of halogens is 3. The van der Waals surface area contributed by atoms with E-state index < -0.39 is 27.6 Å². The smallest absolute Gasteiger partial charge is 0.232 e. The van der Waals surface area contributed by atoms with Crippen LogP contribution < -0.4 is 4.31 Å². The molecule has 252 valence electrons. The van der Waals surface area contributed by atoms with E-state index in [2.05, 4.69) is 4.90 Å². The number of anilines is 1. The molecule has 0 N–H and O–H groups in total. The van der Waals surface area contributed by atoms with Gasteiger partial charge in [0.15, 0.2) is 0 Å². The van der Waals surface area contributed by atoms with E-state index >= 15 is 4.39 Å². The highest BCUT2D eigenvalue weighted by Crippen LogP contribution is 2.46. The van der Waals surface area contributed by atoms with E-state index in [0.717, 1.165) is 49.4 Å². The molecule has 2 saturated carbocycles. The number of ether oxygens (including phenoxy) is 1. The van der Waals surface area contributed by atoms with E-state index in [-0.39, 0.29) is 29.8 Å². The van der Waals surface area contributed by atoms with Crippen molar-refractivity contribution in [3.8, 4) is 0 Å². The van der Waals surface area contributed by atoms with Gasteiger partial charge in [-0.1, -0.05) is 17.7 Å². The lowest BCUT2D eigenvalue weighted by atomic mass is 9.85. The van der Waals surface area contributed by atoms with Crippen LogP contribution in [-0.4, -0.2) is 82.4 Å². The van der Waals surface area contributed by atoms with E-state index in [9.17, 15) is 17.6 Å². The maximum Gasteiger partial charge on any atom is 0.232 e. The number of likely N-dealkylation sites (tertiary alicyclic amines) is 2. The van der Waals surface area contributed by atoms with Crippen LogP contribution in [0.4, 0.5) is 14.5 Å². The van der Waals surface area contributed by atoms with Gasteiger partial charge in [-0.05, 0) is 117 Å². The molecule has 0 radical (unpaired) electrons. The predicted molar refractivity (Wildman–Crippen MR) is 177 cm³/mol. The molecule has 4 aliphatic rings. The fourth-order valence-electron chi connectivity index (χ4n) is 8.23. The Labute approximate surface area is 277 Å². The maximum absolute atomic E-state index is 15.2. The molecule has 0 bridgehead atoms. The largest absolute Gasteiger partial charge is 0.383 e. The highest BCUT2D eigenvalue weighted by Gasteiger charge is 2.46. The van der Waals surface area contributed by atoms with Crippen LogP contribution in [-0.2, 0) is 19.6 Å². The Morgan fingerprint density at radius 2 is 1.76 bits per heavy atom. The number of carbonyl (C=O) groups is 1. The van der Waals surface area contributed by atoms with Crippen LogP contribution in [0.5, 0.6) is 0 Å². The number of nitrogens with zero attached hydrogens (tertiary/aromatic N) is 3. The number of hydrogen-bond donors (Lipinski definition) is 0. The van der Waals surface area contributed by atoms with Crippen LogP contribution in [0.25, 0.3) is 0 Å². The first-order valence-electron chi connectivity index (χ1n) is 16.7. The van der Waals surface area contributed by atoms with Crippen LogP contribution in [0.15, 0.2) is 30.3 Å². The predicted octanol–water partition coefficient (Wildman–Crippen LogP) is 6.48. The molecule has 2 saturated heterocycles. The van der Waals surface area contributed by atoms with Crippen LogP contribution >= 0.6 is 11.6 Å². The molecule has 1 amide bonds. The Morgan fingerprint density at radius 3 is 2.41 bits per heavy atom. The van der Waals surface area contributed by atoms with E-state index in [0.29, 0.717) is 74.1 Å². The minimum absolute atomic E-state index is 0.0193. The molecule has 2 unspecified atom stereocenters. The van der Waals surface area contributed by atoms with Gasteiger partial charge in [0.2, 0.25) is 15.9 Å². The van der Waals surface area contributed by atoms with E-state index in [1.807, 2.05) is 24.0 Å². The quantitative estimate of drug-likeness (QED) is 0.288. The van der Waals surface area contributed by atoms with Gasteiger partial charge >= 0.3 is 0 Å². The first-order valence-corrected chi connectivity index (χ1v) is 18.9. The van der Waals surface area contributed by atoms with Gasteiger partial charge in [-0.15, -0.1) is 0 Å². The minimum Gasteiger partial charge on any atom is -0.383 e. The highest BCUT2D eigenvalue weighted by atomic mass is 35.5. The monoisotopic (exact) mass is 677 g/mol. The second kappa shape index (κ2) is 13.7. The third-order valence-corrected chi connectivity index (χ3v) is 12.4. The van der Waals surface area contributed by atoms with Gasteiger partial charge < -0.3 is 9.64 Å². The SMILES string of the molecule is COC[C@H]1CCCN1C1CC(C(=O)N2CCC(c3cc(Cl)c(C)cc3N(CC3CC3)S(C)(=O)=O)CC2)[C@H](c2ccc(F)cc2F)C1. The van der Waals surface area contributed by atoms with Gasteiger partial charge in [-0.25, -0.2) is 17.2 Å². The van der Waals surface area contributed by atoms with Gasteiger partial charge in [0, 0.05) is 55.8 Å². The van der Waals surface area contributed by atoms with Crippen LogP contribution in [0.1, 0.15) is 79.9 Å². The molecule has 0 spiro atoms. The molecule has 4 atom stereocenters. The van der Waals surface area contributed by atoms with Crippen molar-refractivity contribution in [1.82, 2.24) is 9.80 Å². The number of hydrogen-bond acceptors (Lipinski definition) is 5. The standard InChI is InChI=1S/C35H46ClF2N3O4S/c1-22-15-34(41(46(3,43)44)20-23-6-7-23)29(19-32(22)36)24-10-13-39(14-11-24)35(42)31-18-27(40-12-4-5-26(40)21-45-2)17-30(31)28-9-8-25(37)16-33(28)38/h8-9,15-16,19,23-24,26-27,30-31H,4-7,10-14,17-18,20-21H2,1-3H3/t26-,27?,30+,31?/m1/s1. The molecule has 6 rings (SSSR count). The Morgan fingerprint density at radius 1 is 1.02 bits per heavy atom.